The monoisotopic (exact) mass is 464 g/mol. The number of nitrogens with one attached hydrogen (secondary N) is 2. The Morgan fingerprint density at radius 1 is 0.742 bits per heavy atom. The third-order valence-electron chi connectivity index (χ3n) is 4.13. The van der Waals surface area contributed by atoms with Crippen molar-refractivity contribution in [1.29, 1.82) is 0 Å². The van der Waals surface area contributed by atoms with E-state index >= 15 is 0 Å². The first-order chi connectivity index (χ1) is 14.6. The average Bonchev–Trinajstić information content (AvgIpc) is 2.74. The predicted molar refractivity (Wildman–Crippen MR) is 112 cm³/mol. The summed E-state index contributed by atoms with van der Waals surface area (Å²) in [6.07, 6.45) is 0. The van der Waals surface area contributed by atoms with E-state index in [9.17, 15) is 26.0 Å². The number of anilines is 2. The molecule has 2 N–H and O–H groups in total. The molecule has 0 unspecified atom stereocenters. The minimum absolute atomic E-state index is 0.0229. The van der Waals surface area contributed by atoms with E-state index < -0.39 is 31.8 Å². The Balaban J connectivity index is 1.88. The van der Waals surface area contributed by atoms with Gasteiger partial charge in [0.2, 0.25) is 0 Å². The lowest BCUT2D eigenvalue weighted by atomic mass is 10.2. The minimum atomic E-state index is -4.10. The number of ether oxygens (including phenoxy) is 1. The van der Waals surface area contributed by atoms with Crippen molar-refractivity contribution in [1.82, 2.24) is 0 Å². The van der Waals surface area contributed by atoms with Gasteiger partial charge in [0.15, 0.2) is 0 Å². The van der Waals surface area contributed by atoms with Crippen molar-refractivity contribution < 1.29 is 30.8 Å². The number of carbonyl (C=O) groups is 1. The molecule has 0 radical (unpaired) electrons. The summed E-state index contributed by atoms with van der Waals surface area (Å²) in [5.74, 6) is -1.21. The predicted octanol–water partition coefficient (Wildman–Crippen LogP) is 3.21. The van der Waals surface area contributed by atoms with Crippen LogP contribution in [0.2, 0.25) is 0 Å². The smallest absolute Gasteiger partial charge is 0.337 e. The van der Waals surface area contributed by atoms with Crippen LogP contribution < -0.4 is 9.44 Å². The zero-order valence-electron chi connectivity index (χ0n) is 16.1. The summed E-state index contributed by atoms with van der Waals surface area (Å²) in [4.78, 5) is 11.2. The molecule has 0 atom stereocenters. The van der Waals surface area contributed by atoms with E-state index in [4.69, 9.17) is 0 Å². The number of para-hydroxylation sites is 2. The maximum atomic E-state index is 13.1. The average molecular weight is 464 g/mol. The molecule has 0 aliphatic carbocycles. The first-order valence-electron chi connectivity index (χ1n) is 8.71. The molecule has 31 heavy (non-hydrogen) atoms. The maximum absolute atomic E-state index is 13.1. The normalized spacial score (nSPS) is 11.5. The van der Waals surface area contributed by atoms with Gasteiger partial charge in [-0.05, 0) is 60.7 Å². The summed E-state index contributed by atoms with van der Waals surface area (Å²) in [5.41, 5.74) is 0.126. The van der Waals surface area contributed by atoms with Crippen LogP contribution in [-0.4, -0.2) is 29.9 Å². The van der Waals surface area contributed by atoms with Gasteiger partial charge in [-0.2, -0.15) is 0 Å². The number of sulfonamides is 2. The van der Waals surface area contributed by atoms with E-state index in [1.54, 1.807) is 0 Å². The summed E-state index contributed by atoms with van der Waals surface area (Å²) >= 11 is 0. The molecule has 8 nitrogen and oxygen atoms in total. The van der Waals surface area contributed by atoms with Crippen LogP contribution in [0.3, 0.4) is 0 Å². The first kappa shape index (κ1) is 22.2. The van der Waals surface area contributed by atoms with E-state index in [1.165, 1.54) is 55.6 Å². The lowest BCUT2D eigenvalue weighted by Gasteiger charge is -2.14. The largest absolute Gasteiger partial charge is 0.465 e. The summed E-state index contributed by atoms with van der Waals surface area (Å²) in [5, 5.41) is 0. The molecule has 3 aromatic carbocycles. The molecule has 0 saturated carbocycles. The van der Waals surface area contributed by atoms with Crippen molar-refractivity contribution in [3.8, 4) is 0 Å². The Bertz CT molecular complexity index is 1310. The number of carbonyl (C=O) groups excluding carboxylic acids is 1. The van der Waals surface area contributed by atoms with Crippen molar-refractivity contribution >= 4 is 37.4 Å². The van der Waals surface area contributed by atoms with Crippen LogP contribution in [0.4, 0.5) is 15.8 Å². The summed E-state index contributed by atoms with van der Waals surface area (Å²) in [6.45, 7) is 0. The number of methoxy groups -OCH3 is 1. The topological polar surface area (TPSA) is 119 Å². The Kier molecular flexibility index (Phi) is 6.27. The Hall–Kier alpha value is -3.44. The van der Waals surface area contributed by atoms with Crippen molar-refractivity contribution in [3.05, 3.63) is 84.2 Å². The third-order valence-corrected chi connectivity index (χ3v) is 6.89. The molecule has 0 aliphatic heterocycles. The van der Waals surface area contributed by atoms with Crippen molar-refractivity contribution in [2.45, 2.75) is 9.79 Å². The van der Waals surface area contributed by atoms with E-state index in [0.717, 1.165) is 24.3 Å². The van der Waals surface area contributed by atoms with Gasteiger partial charge in [-0.25, -0.2) is 26.0 Å². The lowest BCUT2D eigenvalue weighted by molar-refractivity contribution is 0.0600. The van der Waals surface area contributed by atoms with Crippen LogP contribution in [0.5, 0.6) is 0 Å². The van der Waals surface area contributed by atoms with Gasteiger partial charge in [0, 0.05) is 0 Å². The number of esters is 1. The standard InChI is InChI=1S/C20H17FN2O6S2/c1-29-20(24)14-6-10-16(11-7-14)30(25,26)22-18-4-2-3-5-19(18)23-31(27,28)17-12-8-15(21)9-13-17/h2-13,22-23H,1H3. The highest BCUT2D eigenvalue weighted by Gasteiger charge is 2.20. The molecule has 0 amide bonds. The van der Waals surface area contributed by atoms with Gasteiger partial charge in [0.05, 0.1) is 33.8 Å². The molecule has 0 aliphatic rings. The highest BCUT2D eigenvalue weighted by atomic mass is 32.2. The molecule has 0 heterocycles. The quantitative estimate of drug-likeness (QED) is 0.519. The summed E-state index contributed by atoms with van der Waals surface area (Å²) in [7, 11) is -6.98. The van der Waals surface area contributed by atoms with Crippen molar-refractivity contribution in [3.63, 3.8) is 0 Å². The van der Waals surface area contributed by atoms with E-state index in [2.05, 4.69) is 14.2 Å². The van der Waals surface area contributed by atoms with Crippen LogP contribution in [0.15, 0.2) is 82.6 Å². The number of rotatable bonds is 7. The summed E-state index contributed by atoms with van der Waals surface area (Å²) < 4.78 is 72.9. The van der Waals surface area contributed by atoms with Gasteiger partial charge in [-0.1, -0.05) is 12.1 Å². The molecule has 3 rings (SSSR count). The highest BCUT2D eigenvalue weighted by Crippen LogP contribution is 2.27. The molecule has 0 bridgehead atoms. The fraction of sp³-hybridized carbons (Fsp3) is 0.0500. The first-order valence-corrected chi connectivity index (χ1v) is 11.7. The van der Waals surface area contributed by atoms with Crippen LogP contribution >= 0.6 is 0 Å². The minimum Gasteiger partial charge on any atom is -0.465 e. The van der Waals surface area contributed by atoms with E-state index in [-0.39, 0.29) is 26.7 Å². The molecule has 0 saturated heterocycles. The number of halogens is 1. The van der Waals surface area contributed by atoms with Gasteiger partial charge in [0.25, 0.3) is 20.0 Å². The zero-order valence-corrected chi connectivity index (χ0v) is 17.7. The van der Waals surface area contributed by atoms with Gasteiger partial charge in [-0.15, -0.1) is 0 Å². The third kappa shape index (κ3) is 5.19. The fourth-order valence-corrected chi connectivity index (χ4v) is 4.73. The highest BCUT2D eigenvalue weighted by molar-refractivity contribution is 7.93. The lowest BCUT2D eigenvalue weighted by Crippen LogP contribution is -2.17. The van der Waals surface area contributed by atoms with Gasteiger partial charge < -0.3 is 4.74 Å². The van der Waals surface area contributed by atoms with Crippen LogP contribution in [0.25, 0.3) is 0 Å². The fourth-order valence-electron chi connectivity index (χ4n) is 2.57. The second kappa shape index (κ2) is 8.74. The molecular weight excluding hydrogens is 447 g/mol. The number of hydrogen-bond acceptors (Lipinski definition) is 6. The molecule has 0 spiro atoms. The van der Waals surface area contributed by atoms with E-state index in [0.29, 0.717) is 0 Å². The Morgan fingerprint density at radius 2 is 1.16 bits per heavy atom. The maximum Gasteiger partial charge on any atom is 0.337 e. The number of benzene rings is 3. The zero-order chi connectivity index (χ0) is 22.6. The Morgan fingerprint density at radius 3 is 1.58 bits per heavy atom. The summed E-state index contributed by atoms with van der Waals surface area (Å²) in [6, 6.07) is 15.0. The SMILES string of the molecule is COC(=O)c1ccc(S(=O)(=O)Nc2ccccc2NS(=O)(=O)c2ccc(F)cc2)cc1. The van der Waals surface area contributed by atoms with E-state index in [1.807, 2.05) is 0 Å². The van der Waals surface area contributed by atoms with Crippen LogP contribution in [-0.2, 0) is 24.8 Å². The molecule has 0 fully saturated rings. The van der Waals surface area contributed by atoms with Gasteiger partial charge in [-0.3, -0.25) is 9.44 Å². The molecule has 0 aromatic heterocycles. The number of hydrogen-bond donors (Lipinski definition) is 2. The molecule has 3 aromatic rings. The van der Waals surface area contributed by atoms with Crippen molar-refractivity contribution in [2.75, 3.05) is 16.6 Å². The molecule has 11 heteroatoms. The van der Waals surface area contributed by atoms with Crippen molar-refractivity contribution in [2.24, 2.45) is 0 Å². The molecule has 162 valence electrons. The second-order valence-electron chi connectivity index (χ2n) is 6.23. The molecular formula is C20H17FN2O6S2. The van der Waals surface area contributed by atoms with Crippen LogP contribution in [0.1, 0.15) is 10.4 Å². The van der Waals surface area contributed by atoms with Crippen LogP contribution in [0, 0.1) is 5.82 Å². The Labute approximate surface area is 178 Å². The second-order valence-corrected chi connectivity index (χ2v) is 9.59. The van der Waals surface area contributed by atoms with Gasteiger partial charge in [0.1, 0.15) is 5.82 Å². The van der Waals surface area contributed by atoms with Gasteiger partial charge >= 0.3 is 5.97 Å².